The van der Waals surface area contributed by atoms with Crippen LogP contribution >= 0.6 is 11.6 Å². The summed E-state index contributed by atoms with van der Waals surface area (Å²) >= 11 is 6.16. The summed E-state index contributed by atoms with van der Waals surface area (Å²) < 4.78 is 11.1. The van der Waals surface area contributed by atoms with E-state index in [2.05, 4.69) is 4.98 Å². The standard InChI is InChI=1S/C24H27ClN2O5/c1-4-31-19-14-16(9-10-17(19)25)22(28)20-21(18-8-5-6-11-26-18)27(24(30)23(20)29)12-7-13-32-15(2)3/h5-6,8-11,14-15,21,28H,4,7,12-13H2,1-3H3/b22-20-. The highest BCUT2D eigenvalue weighted by molar-refractivity contribution is 6.46. The number of hydrogen-bond donors (Lipinski definition) is 1. The van der Waals surface area contributed by atoms with Crippen LogP contribution in [-0.2, 0) is 14.3 Å². The zero-order chi connectivity index (χ0) is 23.3. The maximum Gasteiger partial charge on any atom is 0.295 e. The lowest BCUT2D eigenvalue weighted by molar-refractivity contribution is -0.140. The molecule has 7 nitrogen and oxygen atoms in total. The first-order valence-corrected chi connectivity index (χ1v) is 11.0. The second-order valence-electron chi connectivity index (χ2n) is 7.60. The summed E-state index contributed by atoms with van der Waals surface area (Å²) in [4.78, 5) is 31.7. The van der Waals surface area contributed by atoms with E-state index in [0.29, 0.717) is 48.2 Å². The molecular weight excluding hydrogens is 432 g/mol. The Morgan fingerprint density at radius 1 is 1.25 bits per heavy atom. The number of rotatable bonds is 9. The zero-order valence-corrected chi connectivity index (χ0v) is 19.1. The van der Waals surface area contributed by atoms with Crippen molar-refractivity contribution in [1.82, 2.24) is 9.88 Å². The number of hydrogen-bond acceptors (Lipinski definition) is 6. The van der Waals surface area contributed by atoms with Crippen LogP contribution in [0.25, 0.3) is 5.76 Å². The Morgan fingerprint density at radius 2 is 2.03 bits per heavy atom. The van der Waals surface area contributed by atoms with Crippen LogP contribution < -0.4 is 4.74 Å². The summed E-state index contributed by atoms with van der Waals surface area (Å²) in [5, 5.41) is 11.5. The third-order valence-corrected chi connectivity index (χ3v) is 5.32. The van der Waals surface area contributed by atoms with Gasteiger partial charge in [-0.1, -0.05) is 17.7 Å². The number of amides is 1. The lowest BCUT2D eigenvalue weighted by Gasteiger charge is -2.24. The molecule has 0 saturated carbocycles. The van der Waals surface area contributed by atoms with Gasteiger partial charge in [0.1, 0.15) is 17.6 Å². The molecule has 1 N–H and O–H groups in total. The van der Waals surface area contributed by atoms with Crippen LogP contribution in [0, 0.1) is 0 Å². The molecule has 1 unspecified atom stereocenters. The van der Waals surface area contributed by atoms with E-state index in [9.17, 15) is 14.7 Å². The summed E-state index contributed by atoms with van der Waals surface area (Å²) in [6, 6.07) is 9.17. The van der Waals surface area contributed by atoms with E-state index in [1.54, 1.807) is 42.6 Å². The Labute approximate surface area is 192 Å². The number of halogens is 1. The fourth-order valence-electron chi connectivity index (χ4n) is 3.58. The van der Waals surface area contributed by atoms with E-state index in [-0.39, 0.29) is 17.4 Å². The van der Waals surface area contributed by atoms with Crippen molar-refractivity contribution in [3.63, 3.8) is 0 Å². The maximum absolute atomic E-state index is 13.0. The monoisotopic (exact) mass is 458 g/mol. The van der Waals surface area contributed by atoms with Crippen molar-refractivity contribution in [1.29, 1.82) is 0 Å². The van der Waals surface area contributed by atoms with Gasteiger partial charge in [-0.3, -0.25) is 14.6 Å². The van der Waals surface area contributed by atoms with Gasteiger partial charge < -0.3 is 19.5 Å². The summed E-state index contributed by atoms with van der Waals surface area (Å²) in [6.45, 7) is 6.81. The third kappa shape index (κ3) is 5.11. The summed E-state index contributed by atoms with van der Waals surface area (Å²) in [5.41, 5.74) is 0.820. The molecule has 1 fully saturated rings. The molecule has 170 valence electrons. The number of ether oxygens (including phenoxy) is 2. The summed E-state index contributed by atoms with van der Waals surface area (Å²) in [6.07, 6.45) is 2.21. The smallest absolute Gasteiger partial charge is 0.295 e. The Hall–Kier alpha value is -2.90. The molecule has 2 aromatic rings. The Balaban J connectivity index is 2.03. The minimum atomic E-state index is -0.804. The van der Waals surface area contributed by atoms with Crippen molar-refractivity contribution in [3.8, 4) is 5.75 Å². The number of pyridine rings is 1. The quantitative estimate of drug-likeness (QED) is 0.260. The van der Waals surface area contributed by atoms with Gasteiger partial charge in [-0.05, 0) is 57.5 Å². The molecule has 1 aromatic carbocycles. The first-order valence-electron chi connectivity index (χ1n) is 10.6. The van der Waals surface area contributed by atoms with Crippen LogP contribution in [0.5, 0.6) is 5.75 Å². The van der Waals surface area contributed by atoms with E-state index >= 15 is 0 Å². The molecular formula is C24H27ClN2O5. The third-order valence-electron chi connectivity index (χ3n) is 5.01. The molecule has 1 aromatic heterocycles. The van der Waals surface area contributed by atoms with Gasteiger partial charge in [0.25, 0.3) is 11.7 Å². The number of carbonyl (C=O) groups excluding carboxylic acids is 2. The van der Waals surface area contributed by atoms with Crippen LogP contribution in [0.1, 0.15) is 44.5 Å². The lowest BCUT2D eigenvalue weighted by atomic mass is 9.98. The fourth-order valence-corrected chi connectivity index (χ4v) is 3.75. The number of aliphatic hydroxyl groups excluding tert-OH is 1. The number of nitrogens with zero attached hydrogens (tertiary/aromatic N) is 2. The van der Waals surface area contributed by atoms with Crippen LogP contribution in [0.15, 0.2) is 48.2 Å². The zero-order valence-electron chi connectivity index (χ0n) is 18.4. The normalized spacial score (nSPS) is 17.9. The molecule has 2 heterocycles. The minimum absolute atomic E-state index is 0.0109. The highest BCUT2D eigenvalue weighted by Gasteiger charge is 2.46. The Bertz CT molecular complexity index is 1010. The molecule has 8 heteroatoms. The van der Waals surface area contributed by atoms with Crippen LogP contribution in [0.3, 0.4) is 0 Å². The van der Waals surface area contributed by atoms with Crippen molar-refractivity contribution in [2.45, 2.75) is 39.3 Å². The first-order chi connectivity index (χ1) is 15.3. The number of likely N-dealkylation sites (tertiary alicyclic amines) is 1. The summed E-state index contributed by atoms with van der Waals surface area (Å²) in [7, 11) is 0. The molecule has 3 rings (SSSR count). The van der Waals surface area contributed by atoms with Crippen LogP contribution in [0.4, 0.5) is 0 Å². The fraction of sp³-hybridized carbons (Fsp3) is 0.375. The van der Waals surface area contributed by atoms with Gasteiger partial charge in [-0.25, -0.2) is 0 Å². The van der Waals surface area contributed by atoms with Crippen molar-refractivity contribution >= 4 is 29.1 Å². The number of ketones is 1. The van der Waals surface area contributed by atoms with Gasteiger partial charge in [-0.2, -0.15) is 0 Å². The molecule has 1 saturated heterocycles. The highest BCUT2D eigenvalue weighted by atomic mass is 35.5. The molecule has 0 bridgehead atoms. The van der Waals surface area contributed by atoms with E-state index in [4.69, 9.17) is 21.1 Å². The Morgan fingerprint density at radius 3 is 2.69 bits per heavy atom. The molecule has 1 atom stereocenters. The average Bonchev–Trinajstić information content (AvgIpc) is 3.03. The van der Waals surface area contributed by atoms with Gasteiger partial charge in [0, 0.05) is 24.9 Å². The topological polar surface area (TPSA) is 89.0 Å². The van der Waals surface area contributed by atoms with Gasteiger partial charge >= 0.3 is 0 Å². The predicted molar refractivity (Wildman–Crippen MR) is 122 cm³/mol. The van der Waals surface area contributed by atoms with Crippen molar-refractivity contribution in [3.05, 3.63) is 64.4 Å². The van der Waals surface area contributed by atoms with E-state index < -0.39 is 17.7 Å². The van der Waals surface area contributed by atoms with E-state index in [1.165, 1.54) is 4.90 Å². The predicted octanol–water partition coefficient (Wildman–Crippen LogP) is 4.37. The molecule has 1 aliphatic rings. The maximum atomic E-state index is 13.0. The molecule has 1 aliphatic heterocycles. The highest BCUT2D eigenvalue weighted by Crippen LogP contribution is 2.39. The first kappa shape index (κ1) is 23.8. The molecule has 0 spiro atoms. The van der Waals surface area contributed by atoms with Gasteiger partial charge in [0.2, 0.25) is 0 Å². The number of Topliss-reactive ketones (excluding diaryl/α,β-unsaturated/α-hetero) is 1. The molecule has 32 heavy (non-hydrogen) atoms. The second-order valence-corrected chi connectivity index (χ2v) is 8.01. The van der Waals surface area contributed by atoms with Gasteiger partial charge in [0.15, 0.2) is 0 Å². The van der Waals surface area contributed by atoms with Crippen molar-refractivity contribution in [2.75, 3.05) is 19.8 Å². The minimum Gasteiger partial charge on any atom is -0.507 e. The number of aliphatic hydroxyl groups is 1. The molecule has 0 aliphatic carbocycles. The average molecular weight is 459 g/mol. The number of aromatic nitrogens is 1. The van der Waals surface area contributed by atoms with Crippen LogP contribution in [-0.4, -0.2) is 52.5 Å². The summed E-state index contributed by atoms with van der Waals surface area (Å²) in [5.74, 6) is -1.34. The Kier molecular flexibility index (Phi) is 7.88. The lowest BCUT2D eigenvalue weighted by Crippen LogP contribution is -2.31. The molecule has 1 amide bonds. The van der Waals surface area contributed by atoms with Crippen molar-refractivity contribution < 1.29 is 24.2 Å². The second kappa shape index (κ2) is 10.6. The van der Waals surface area contributed by atoms with Gasteiger partial charge in [-0.15, -0.1) is 0 Å². The largest absolute Gasteiger partial charge is 0.507 e. The van der Waals surface area contributed by atoms with E-state index in [0.717, 1.165) is 0 Å². The SMILES string of the molecule is CCOc1cc(/C(O)=C2/C(=O)C(=O)N(CCCOC(C)C)C2c2ccccn2)ccc1Cl. The van der Waals surface area contributed by atoms with Crippen LogP contribution in [0.2, 0.25) is 5.02 Å². The van der Waals surface area contributed by atoms with Crippen molar-refractivity contribution in [2.24, 2.45) is 0 Å². The van der Waals surface area contributed by atoms with E-state index in [1.807, 2.05) is 20.8 Å². The molecule has 0 radical (unpaired) electrons. The number of benzene rings is 1. The van der Waals surface area contributed by atoms with Gasteiger partial charge in [0.05, 0.1) is 29.0 Å². The number of carbonyl (C=O) groups is 2.